The minimum absolute atomic E-state index is 0.0704. The van der Waals surface area contributed by atoms with Gasteiger partial charge in [0, 0.05) is 32.6 Å². The van der Waals surface area contributed by atoms with Crippen molar-refractivity contribution in [3.05, 3.63) is 51.7 Å². The Morgan fingerprint density at radius 3 is 2.63 bits per heavy atom. The van der Waals surface area contributed by atoms with Gasteiger partial charge in [-0.1, -0.05) is 12.1 Å². The summed E-state index contributed by atoms with van der Waals surface area (Å²) in [6, 6.07) is 6.01. The molecule has 0 spiro atoms. The Morgan fingerprint density at radius 2 is 1.93 bits per heavy atom. The lowest BCUT2D eigenvalue weighted by Crippen LogP contribution is -2.36. The van der Waals surface area contributed by atoms with Crippen LogP contribution in [0.25, 0.3) is 0 Å². The predicted octanol–water partition coefficient (Wildman–Crippen LogP) is 0.969. The quantitative estimate of drug-likeness (QED) is 0.625. The minimum Gasteiger partial charge on any atom is -0.478 e. The number of carbonyl (C=O) groups is 2. The predicted molar refractivity (Wildman–Crippen MR) is 97.7 cm³/mol. The summed E-state index contributed by atoms with van der Waals surface area (Å²) < 4.78 is 3.21. The molecule has 3 N–H and O–H groups in total. The molecule has 2 amide bonds. The van der Waals surface area contributed by atoms with Crippen LogP contribution in [-0.2, 0) is 26.1 Å². The van der Waals surface area contributed by atoms with Gasteiger partial charge in [0.1, 0.15) is 5.82 Å². The van der Waals surface area contributed by atoms with E-state index < -0.39 is 5.97 Å². The number of nitrogens with zero attached hydrogens (tertiary/aromatic N) is 3. The van der Waals surface area contributed by atoms with E-state index in [2.05, 4.69) is 15.7 Å². The van der Waals surface area contributed by atoms with Gasteiger partial charge < -0.3 is 15.7 Å². The summed E-state index contributed by atoms with van der Waals surface area (Å²) in [5, 5.41) is 18.7. The van der Waals surface area contributed by atoms with Crippen LogP contribution in [0.3, 0.4) is 0 Å². The van der Waals surface area contributed by atoms with E-state index in [9.17, 15) is 14.4 Å². The van der Waals surface area contributed by atoms with Crippen LogP contribution >= 0.6 is 0 Å². The number of amides is 2. The van der Waals surface area contributed by atoms with Gasteiger partial charge in [0.15, 0.2) is 0 Å². The molecule has 0 fully saturated rings. The molecular formula is C18H23N5O4. The number of carboxylic acid groups (broad SMARTS) is 1. The van der Waals surface area contributed by atoms with Crippen molar-refractivity contribution in [2.75, 3.05) is 6.54 Å². The number of benzene rings is 1. The van der Waals surface area contributed by atoms with E-state index in [1.54, 1.807) is 16.7 Å². The highest BCUT2D eigenvalue weighted by molar-refractivity contribution is 5.87. The van der Waals surface area contributed by atoms with Gasteiger partial charge in [-0.2, -0.15) is 5.10 Å². The van der Waals surface area contributed by atoms with E-state index in [0.717, 1.165) is 37.2 Å². The maximum absolute atomic E-state index is 12.2. The third kappa shape index (κ3) is 4.75. The number of urea groups is 1. The molecule has 1 aliphatic heterocycles. The zero-order valence-electron chi connectivity index (χ0n) is 15.0. The molecule has 0 bridgehead atoms. The van der Waals surface area contributed by atoms with Crippen molar-refractivity contribution in [2.24, 2.45) is 0 Å². The maximum Gasteiger partial charge on any atom is 0.345 e. The van der Waals surface area contributed by atoms with E-state index >= 15 is 0 Å². The van der Waals surface area contributed by atoms with E-state index in [1.165, 1.54) is 16.8 Å². The summed E-state index contributed by atoms with van der Waals surface area (Å²) >= 11 is 0. The monoisotopic (exact) mass is 373 g/mol. The third-order valence-corrected chi connectivity index (χ3v) is 4.52. The van der Waals surface area contributed by atoms with Crippen molar-refractivity contribution in [1.82, 2.24) is 25.0 Å². The normalized spacial score (nSPS) is 13.0. The molecule has 27 heavy (non-hydrogen) atoms. The molecule has 0 saturated carbocycles. The first-order valence-corrected chi connectivity index (χ1v) is 9.05. The summed E-state index contributed by atoms with van der Waals surface area (Å²) in [5.41, 5.74) is 0.948. The standard InChI is InChI=1S/C18H23N5O4/c24-16(25)14-7-5-13(6-8-14)12-20-17(26)19-9-3-11-23-18(27)22-10-2-1-4-15(22)21-23/h5-8H,1-4,9-12H2,(H,24,25)(H2,19,20,26). The molecular weight excluding hydrogens is 350 g/mol. The number of carbonyl (C=O) groups excluding carboxylic acids is 1. The molecule has 1 aromatic heterocycles. The molecule has 9 nitrogen and oxygen atoms in total. The second kappa shape index (κ2) is 8.52. The lowest BCUT2D eigenvalue weighted by Gasteiger charge is -2.09. The fourth-order valence-corrected chi connectivity index (χ4v) is 3.03. The zero-order chi connectivity index (χ0) is 19.2. The number of aromatic carboxylic acids is 1. The van der Waals surface area contributed by atoms with E-state index in [1.807, 2.05) is 0 Å². The highest BCUT2D eigenvalue weighted by atomic mass is 16.4. The Kier molecular flexibility index (Phi) is 5.90. The zero-order valence-corrected chi connectivity index (χ0v) is 15.0. The first-order valence-electron chi connectivity index (χ1n) is 9.05. The molecule has 0 atom stereocenters. The van der Waals surface area contributed by atoms with Gasteiger partial charge in [-0.05, 0) is 37.0 Å². The SMILES string of the molecule is O=C(NCCCn1nc2n(c1=O)CCCC2)NCc1ccc(C(=O)O)cc1. The van der Waals surface area contributed by atoms with Crippen molar-refractivity contribution >= 4 is 12.0 Å². The van der Waals surface area contributed by atoms with Crippen LogP contribution in [0.4, 0.5) is 4.79 Å². The molecule has 1 aromatic carbocycles. The second-order valence-electron chi connectivity index (χ2n) is 6.50. The van der Waals surface area contributed by atoms with E-state index in [-0.39, 0.29) is 17.3 Å². The van der Waals surface area contributed by atoms with Crippen LogP contribution in [0.1, 0.15) is 41.0 Å². The molecule has 0 unspecified atom stereocenters. The van der Waals surface area contributed by atoms with Crippen molar-refractivity contribution in [3.8, 4) is 0 Å². The van der Waals surface area contributed by atoms with Crippen molar-refractivity contribution in [3.63, 3.8) is 0 Å². The molecule has 144 valence electrons. The molecule has 0 aliphatic carbocycles. The summed E-state index contributed by atoms with van der Waals surface area (Å²) in [4.78, 5) is 34.8. The largest absolute Gasteiger partial charge is 0.478 e. The van der Waals surface area contributed by atoms with E-state index in [0.29, 0.717) is 26.1 Å². The fourth-order valence-electron chi connectivity index (χ4n) is 3.03. The summed E-state index contributed by atoms with van der Waals surface area (Å²) in [6.45, 7) is 1.94. The number of aromatic nitrogens is 3. The summed E-state index contributed by atoms with van der Waals surface area (Å²) in [5.74, 6) is -0.129. The molecule has 1 aliphatic rings. The Balaban J connectivity index is 1.38. The highest BCUT2D eigenvalue weighted by Crippen LogP contribution is 2.09. The topological polar surface area (TPSA) is 118 Å². The lowest BCUT2D eigenvalue weighted by atomic mass is 10.1. The molecule has 9 heteroatoms. The highest BCUT2D eigenvalue weighted by Gasteiger charge is 2.16. The number of hydrogen-bond acceptors (Lipinski definition) is 4. The first kappa shape index (κ1) is 18.7. The van der Waals surface area contributed by atoms with Crippen LogP contribution in [-0.4, -0.2) is 38.0 Å². The lowest BCUT2D eigenvalue weighted by molar-refractivity contribution is 0.0697. The van der Waals surface area contributed by atoms with Crippen LogP contribution in [0.15, 0.2) is 29.1 Å². The maximum atomic E-state index is 12.2. The number of rotatable bonds is 7. The number of carboxylic acids is 1. The van der Waals surface area contributed by atoms with Crippen LogP contribution < -0.4 is 16.3 Å². The van der Waals surface area contributed by atoms with Crippen LogP contribution in [0, 0.1) is 0 Å². The molecule has 2 aromatic rings. The van der Waals surface area contributed by atoms with Crippen molar-refractivity contribution in [1.29, 1.82) is 0 Å². The molecule has 0 saturated heterocycles. The van der Waals surface area contributed by atoms with Crippen molar-refractivity contribution < 1.29 is 14.7 Å². The fraction of sp³-hybridized carbons (Fsp3) is 0.444. The summed E-state index contributed by atoms with van der Waals surface area (Å²) in [6.07, 6.45) is 3.53. The molecule has 2 heterocycles. The van der Waals surface area contributed by atoms with Gasteiger partial charge in [-0.25, -0.2) is 19.1 Å². The number of fused-ring (bicyclic) bond motifs is 1. The van der Waals surface area contributed by atoms with Crippen molar-refractivity contribution in [2.45, 2.75) is 45.3 Å². The first-order chi connectivity index (χ1) is 13.0. The smallest absolute Gasteiger partial charge is 0.345 e. The Bertz CT molecular complexity index is 869. The number of aryl methyl sites for hydroxylation is 2. The number of nitrogens with one attached hydrogen (secondary N) is 2. The Morgan fingerprint density at radius 1 is 1.15 bits per heavy atom. The van der Waals surface area contributed by atoms with Gasteiger partial charge in [0.2, 0.25) is 0 Å². The van der Waals surface area contributed by atoms with Gasteiger partial charge in [0.05, 0.1) is 5.56 Å². The van der Waals surface area contributed by atoms with Crippen LogP contribution in [0.2, 0.25) is 0 Å². The summed E-state index contributed by atoms with van der Waals surface area (Å²) in [7, 11) is 0. The molecule has 0 radical (unpaired) electrons. The Labute approximate surface area is 156 Å². The molecule has 3 rings (SSSR count). The third-order valence-electron chi connectivity index (χ3n) is 4.52. The second-order valence-corrected chi connectivity index (χ2v) is 6.50. The van der Waals surface area contributed by atoms with Gasteiger partial charge >= 0.3 is 17.7 Å². The van der Waals surface area contributed by atoms with Crippen LogP contribution in [0.5, 0.6) is 0 Å². The Hall–Kier alpha value is -3.10. The average molecular weight is 373 g/mol. The van der Waals surface area contributed by atoms with E-state index in [4.69, 9.17) is 5.11 Å². The van der Waals surface area contributed by atoms with Gasteiger partial charge in [-0.3, -0.25) is 4.57 Å². The number of hydrogen-bond donors (Lipinski definition) is 3. The average Bonchev–Trinajstić information content (AvgIpc) is 3.00. The minimum atomic E-state index is -0.982. The van der Waals surface area contributed by atoms with Gasteiger partial charge in [0.25, 0.3) is 0 Å². The van der Waals surface area contributed by atoms with Gasteiger partial charge in [-0.15, -0.1) is 0 Å².